The highest BCUT2D eigenvalue weighted by atomic mass is 32.2. The van der Waals surface area contributed by atoms with Crippen molar-refractivity contribution in [3.05, 3.63) is 185 Å². The van der Waals surface area contributed by atoms with Gasteiger partial charge in [0.25, 0.3) is 0 Å². The summed E-state index contributed by atoms with van der Waals surface area (Å²) >= 11 is 3.51. The minimum Gasteiger partial charge on any atom is -0.744 e. The second-order valence-electron chi connectivity index (χ2n) is 14.7. The molecule has 1 aliphatic heterocycles. The molecule has 9 heteroatoms. The van der Waals surface area contributed by atoms with Gasteiger partial charge in [0, 0.05) is 66.5 Å². The largest absolute Gasteiger partial charge is 0.744 e. The quantitative estimate of drug-likeness (QED) is 0.0376. The first kappa shape index (κ1) is 41.2. The lowest BCUT2D eigenvalue weighted by Crippen LogP contribution is -2.27. The smallest absolute Gasteiger partial charge is 0.212 e. The van der Waals surface area contributed by atoms with Crippen LogP contribution in [0.15, 0.2) is 177 Å². The van der Waals surface area contributed by atoms with E-state index in [4.69, 9.17) is 4.42 Å². The summed E-state index contributed by atoms with van der Waals surface area (Å²) in [4.78, 5) is 4.38. The summed E-state index contributed by atoms with van der Waals surface area (Å²) < 4.78 is 47.9. The molecule has 0 saturated carbocycles. The molecule has 6 nitrogen and oxygen atoms in total. The number of thioether (sulfide) groups is 2. The summed E-state index contributed by atoms with van der Waals surface area (Å²) in [7, 11) is -4.83. The molecular formula is C51H46N2O4S3. The van der Waals surface area contributed by atoms with Gasteiger partial charge >= 0.3 is 0 Å². The molecule has 0 fully saturated rings. The molecule has 0 bridgehead atoms. The number of para-hydroxylation sites is 2. The standard InChI is InChI=1S/C51H46N2O4S3/c1-5-37-19-15-17-35(3)50(37)52(33-58-41-21-9-7-10-22-41)39-27-29-43-46(31-39)57-47-32-40(28-30-44(47)49(43)45-25-13-14-26-48(45)60(54,55)56)53(34-59-42-23-11-8-12-24-42)51-36(4)18-16-20-38(51)6-2/h7-32H,5-6,33-34H2,1-4H3. The second kappa shape index (κ2) is 18.0. The van der Waals surface area contributed by atoms with E-state index in [9.17, 15) is 13.0 Å². The molecule has 60 heavy (non-hydrogen) atoms. The van der Waals surface area contributed by atoms with Gasteiger partial charge in [-0.25, -0.2) is 8.42 Å². The van der Waals surface area contributed by atoms with Gasteiger partial charge in [0.2, 0.25) is 11.0 Å². The molecule has 2 aliphatic rings. The molecule has 8 rings (SSSR count). The number of aryl methyl sites for hydroxylation is 4. The van der Waals surface area contributed by atoms with Crippen LogP contribution in [0.4, 0.5) is 17.1 Å². The highest BCUT2D eigenvalue weighted by molar-refractivity contribution is 7.99. The first-order valence-electron chi connectivity index (χ1n) is 20.1. The van der Waals surface area contributed by atoms with Gasteiger partial charge in [-0.3, -0.25) is 0 Å². The number of rotatable bonds is 13. The van der Waals surface area contributed by atoms with Crippen molar-refractivity contribution < 1.29 is 17.4 Å². The normalized spacial score (nSPS) is 12.2. The zero-order valence-corrected chi connectivity index (χ0v) is 36.5. The average Bonchev–Trinajstić information content (AvgIpc) is 3.26. The Labute approximate surface area is 361 Å². The molecule has 1 heterocycles. The van der Waals surface area contributed by atoms with Gasteiger partial charge in [0.1, 0.15) is 21.5 Å². The summed E-state index contributed by atoms with van der Waals surface area (Å²) in [6.07, 6.45) is 1.72. The Kier molecular flexibility index (Phi) is 12.3. The van der Waals surface area contributed by atoms with E-state index < -0.39 is 10.1 Å². The van der Waals surface area contributed by atoms with Crippen molar-refractivity contribution in [2.24, 2.45) is 0 Å². The van der Waals surface area contributed by atoms with Gasteiger partial charge in [0.15, 0.2) is 5.88 Å². The zero-order chi connectivity index (χ0) is 41.8. The first-order chi connectivity index (χ1) is 29.1. The molecule has 0 spiro atoms. The Morgan fingerprint density at radius 1 is 0.650 bits per heavy atom. The Morgan fingerprint density at radius 3 is 2.00 bits per heavy atom. The van der Waals surface area contributed by atoms with Crippen LogP contribution in [0.2, 0.25) is 0 Å². The van der Waals surface area contributed by atoms with E-state index in [1.165, 1.54) is 17.2 Å². The van der Waals surface area contributed by atoms with E-state index in [-0.39, 0.29) is 4.90 Å². The maximum absolute atomic E-state index is 12.9. The molecule has 0 atom stereocenters. The van der Waals surface area contributed by atoms with E-state index in [0.29, 0.717) is 45.2 Å². The van der Waals surface area contributed by atoms with Crippen molar-refractivity contribution in [1.82, 2.24) is 4.58 Å². The molecule has 0 saturated heterocycles. The van der Waals surface area contributed by atoms with Crippen molar-refractivity contribution in [3.63, 3.8) is 0 Å². The van der Waals surface area contributed by atoms with E-state index in [1.807, 2.05) is 24.3 Å². The highest BCUT2D eigenvalue weighted by Gasteiger charge is 2.25. The van der Waals surface area contributed by atoms with Crippen LogP contribution in [0.5, 0.6) is 0 Å². The maximum atomic E-state index is 12.9. The number of benzene rings is 7. The topological polar surface area (TPSA) is 76.6 Å². The minimum atomic E-state index is -4.83. The maximum Gasteiger partial charge on any atom is 0.212 e. The number of nitrogens with zero attached hydrogens (tertiary/aromatic N) is 2. The van der Waals surface area contributed by atoms with E-state index in [0.717, 1.165) is 56.2 Å². The van der Waals surface area contributed by atoms with E-state index in [1.54, 1.807) is 41.7 Å². The summed E-state index contributed by atoms with van der Waals surface area (Å²) in [6, 6.07) is 52.3. The molecule has 302 valence electrons. The number of fused-ring (bicyclic) bond motifs is 2. The summed E-state index contributed by atoms with van der Waals surface area (Å²) in [5.74, 6) is 1.85. The predicted octanol–water partition coefficient (Wildman–Crippen LogP) is 12.6. The van der Waals surface area contributed by atoms with Gasteiger partial charge in [-0.1, -0.05) is 117 Å². The number of hydrogen-bond donors (Lipinski definition) is 0. The minimum absolute atomic E-state index is 0.270. The fourth-order valence-corrected chi connectivity index (χ4v) is 10.5. The molecule has 1 aliphatic carbocycles. The Bertz CT molecular complexity index is 2970. The highest BCUT2D eigenvalue weighted by Crippen LogP contribution is 2.44. The van der Waals surface area contributed by atoms with Crippen LogP contribution >= 0.6 is 23.5 Å². The number of hydrogen-bond acceptors (Lipinski definition) is 7. The molecular weight excluding hydrogens is 801 g/mol. The van der Waals surface area contributed by atoms with E-state index in [2.05, 4.69) is 146 Å². The lowest BCUT2D eigenvalue weighted by Gasteiger charge is -2.29. The third-order valence-corrected chi connectivity index (χ3v) is 13.8. The van der Waals surface area contributed by atoms with Crippen LogP contribution in [0.1, 0.15) is 36.1 Å². The molecule has 0 radical (unpaired) electrons. The van der Waals surface area contributed by atoms with Crippen molar-refractivity contribution in [2.45, 2.75) is 55.2 Å². The van der Waals surface area contributed by atoms with Crippen LogP contribution in [0.3, 0.4) is 0 Å². The fraction of sp³-hybridized carbons (Fsp3) is 0.157. The summed E-state index contributed by atoms with van der Waals surface area (Å²) in [6.45, 7) is 8.65. The molecule has 6 aromatic carbocycles. The van der Waals surface area contributed by atoms with Gasteiger partial charge < -0.3 is 13.9 Å². The zero-order valence-electron chi connectivity index (χ0n) is 34.1. The fourth-order valence-electron chi connectivity index (χ4n) is 8.02. The molecule has 0 unspecified atom stereocenters. The molecule has 0 N–H and O–H groups in total. The Morgan fingerprint density at radius 2 is 1.30 bits per heavy atom. The predicted molar refractivity (Wildman–Crippen MR) is 249 cm³/mol. The Balaban J connectivity index is 1.41. The first-order valence-corrected chi connectivity index (χ1v) is 23.5. The average molecular weight is 847 g/mol. The van der Waals surface area contributed by atoms with Crippen LogP contribution in [0, 0.1) is 13.8 Å². The lowest BCUT2D eigenvalue weighted by molar-refractivity contribution is 0.463. The van der Waals surface area contributed by atoms with Crippen molar-refractivity contribution in [2.75, 3.05) is 16.7 Å². The Hall–Kier alpha value is -5.58. The van der Waals surface area contributed by atoms with Crippen molar-refractivity contribution >= 4 is 61.7 Å². The van der Waals surface area contributed by atoms with E-state index >= 15 is 0 Å². The van der Waals surface area contributed by atoms with Crippen LogP contribution in [-0.4, -0.2) is 24.7 Å². The number of anilines is 2. The SMILES string of the molecule is CCc1cccc(C)c1N(CSc1ccccc1)c1ccc2c(-c3ccccc3S(=O)(=O)[O-])c3cc/c(=[N+](/CSc4ccccc4)c4c(C)cccc4CC)cc-3oc2c1. The van der Waals surface area contributed by atoms with Crippen molar-refractivity contribution in [1.29, 1.82) is 0 Å². The summed E-state index contributed by atoms with van der Waals surface area (Å²) in [5.41, 5.74) is 10.2. The van der Waals surface area contributed by atoms with Gasteiger partial charge in [-0.05, 0) is 86.3 Å². The van der Waals surface area contributed by atoms with Gasteiger partial charge in [-0.2, -0.15) is 4.58 Å². The van der Waals surface area contributed by atoms with Gasteiger partial charge in [0.05, 0.1) is 16.8 Å². The second-order valence-corrected chi connectivity index (χ2v) is 18.1. The van der Waals surface area contributed by atoms with Crippen LogP contribution < -0.4 is 14.8 Å². The van der Waals surface area contributed by atoms with Crippen molar-refractivity contribution in [3.8, 4) is 22.5 Å². The summed E-state index contributed by atoms with van der Waals surface area (Å²) in [5, 5.41) is 1.63. The molecule has 0 amide bonds. The monoisotopic (exact) mass is 846 g/mol. The third kappa shape index (κ3) is 8.54. The molecule has 6 aromatic rings. The van der Waals surface area contributed by atoms with Crippen LogP contribution in [-0.2, 0) is 23.0 Å². The molecule has 0 aromatic heterocycles. The third-order valence-electron chi connectivity index (χ3n) is 10.9. The van der Waals surface area contributed by atoms with Gasteiger partial charge in [-0.15, -0.1) is 11.8 Å². The van der Waals surface area contributed by atoms with Crippen LogP contribution in [0.25, 0.3) is 33.4 Å². The lowest BCUT2D eigenvalue weighted by atomic mass is 9.93.